The topological polar surface area (TPSA) is 24.9 Å². The molecule has 31 heavy (non-hydrogen) atoms. The van der Waals surface area contributed by atoms with E-state index >= 15 is 0 Å². The van der Waals surface area contributed by atoms with Gasteiger partial charge in [0.05, 0.1) is 10.9 Å². The van der Waals surface area contributed by atoms with Gasteiger partial charge in [0.25, 0.3) is 0 Å². The third-order valence-electron chi connectivity index (χ3n) is 4.94. The van der Waals surface area contributed by atoms with Crippen LogP contribution in [-0.2, 0) is 15.6 Å². The van der Waals surface area contributed by atoms with Crippen molar-refractivity contribution < 1.29 is 9.47 Å². The molecule has 3 rings (SSSR count). The largest absolute Gasteiger partial charge is 0.465 e. The summed E-state index contributed by atoms with van der Waals surface area (Å²) in [5, 5.41) is 0. The molecule has 0 saturated carbocycles. The fourth-order valence-corrected chi connectivity index (χ4v) is 5.32. The molecule has 1 unspecified atom stereocenters. The van der Waals surface area contributed by atoms with Crippen molar-refractivity contribution in [1.82, 2.24) is 0 Å². The highest BCUT2D eigenvalue weighted by atomic mass is 32.2. The average Bonchev–Trinajstić information content (AvgIpc) is 2.76. The van der Waals surface area contributed by atoms with Crippen LogP contribution in [0.3, 0.4) is 0 Å². The second-order valence-corrected chi connectivity index (χ2v) is 9.72. The maximum Gasteiger partial charge on any atom is 0.196 e. The molecule has 0 fully saturated rings. The minimum absolute atomic E-state index is 0.206. The summed E-state index contributed by atoms with van der Waals surface area (Å²) in [5.74, 6) is 0.819. The third-order valence-corrected chi connectivity index (χ3v) is 7.17. The van der Waals surface area contributed by atoms with Crippen molar-refractivity contribution in [2.45, 2.75) is 34.8 Å². The van der Waals surface area contributed by atoms with E-state index < -0.39 is 0 Å². The molecule has 5 heteroatoms. The maximum atomic E-state index is 5.85. The quantitative estimate of drug-likeness (QED) is 0.318. The summed E-state index contributed by atoms with van der Waals surface area (Å²) in [4.78, 5) is 8.09. The first-order valence-corrected chi connectivity index (χ1v) is 11.8. The van der Waals surface area contributed by atoms with Crippen LogP contribution in [0.25, 0.3) is 0 Å². The first kappa shape index (κ1) is 23.0. The summed E-state index contributed by atoms with van der Waals surface area (Å²) in [6, 6.07) is 26.1. The Bertz CT molecular complexity index is 887. The molecular formula is C26H33N2O2S+. The highest BCUT2D eigenvalue weighted by Gasteiger charge is 2.29. The number of hydrogen-bond donors (Lipinski definition) is 0. The van der Waals surface area contributed by atoms with Gasteiger partial charge in [-0.15, -0.1) is 0 Å². The molecule has 0 saturated heterocycles. The predicted octanol–water partition coefficient (Wildman–Crippen LogP) is 5.68. The Morgan fingerprint density at radius 2 is 1.06 bits per heavy atom. The van der Waals surface area contributed by atoms with E-state index in [2.05, 4.69) is 98.7 Å². The molecule has 0 bridgehead atoms. The van der Waals surface area contributed by atoms with Gasteiger partial charge in [-0.2, -0.15) is 0 Å². The van der Waals surface area contributed by atoms with Crippen molar-refractivity contribution in [3.8, 4) is 5.75 Å². The minimum Gasteiger partial charge on any atom is -0.465 e. The lowest BCUT2D eigenvalue weighted by Crippen LogP contribution is -2.16. The minimum atomic E-state index is -0.258. The highest BCUT2D eigenvalue weighted by Crippen LogP contribution is 2.34. The van der Waals surface area contributed by atoms with Crippen LogP contribution in [0.4, 0.5) is 11.4 Å². The zero-order chi connectivity index (χ0) is 22.4. The van der Waals surface area contributed by atoms with Crippen LogP contribution in [0.2, 0.25) is 0 Å². The van der Waals surface area contributed by atoms with E-state index in [0.717, 1.165) is 5.75 Å². The van der Waals surface area contributed by atoms with Gasteiger partial charge in [-0.05, 0) is 86.6 Å². The van der Waals surface area contributed by atoms with Crippen LogP contribution >= 0.6 is 0 Å². The van der Waals surface area contributed by atoms with E-state index in [1.807, 2.05) is 26.0 Å². The first-order chi connectivity index (χ1) is 14.9. The van der Waals surface area contributed by atoms with E-state index in [1.165, 1.54) is 26.1 Å². The van der Waals surface area contributed by atoms with Crippen LogP contribution in [0.5, 0.6) is 5.75 Å². The Balaban J connectivity index is 1.95. The standard InChI is InChI=1S/C26H33N2O2S/c1-7-29-20(2)30-23-12-18-26(19-13-23)31(24-14-8-21(9-15-24)27(3)4)25-16-10-22(11-17-25)28(5)6/h8-20H,7H2,1-6H3/q+1. The van der Waals surface area contributed by atoms with Crippen LogP contribution in [0.1, 0.15) is 13.8 Å². The number of anilines is 2. The zero-order valence-electron chi connectivity index (χ0n) is 19.3. The lowest BCUT2D eigenvalue weighted by molar-refractivity contribution is -0.0613. The Labute approximate surface area is 189 Å². The zero-order valence-corrected chi connectivity index (χ0v) is 20.1. The van der Waals surface area contributed by atoms with Crippen LogP contribution in [-0.4, -0.2) is 41.1 Å². The van der Waals surface area contributed by atoms with Gasteiger partial charge >= 0.3 is 0 Å². The second-order valence-electron chi connectivity index (χ2n) is 7.70. The number of nitrogens with zero attached hydrogens (tertiary/aromatic N) is 2. The van der Waals surface area contributed by atoms with E-state index in [0.29, 0.717) is 6.61 Å². The van der Waals surface area contributed by atoms with Crippen molar-refractivity contribution in [1.29, 1.82) is 0 Å². The Morgan fingerprint density at radius 1 is 0.677 bits per heavy atom. The van der Waals surface area contributed by atoms with Crippen molar-refractivity contribution in [2.24, 2.45) is 0 Å². The van der Waals surface area contributed by atoms with Gasteiger partial charge in [-0.25, -0.2) is 0 Å². The number of ether oxygens (including phenoxy) is 2. The molecule has 164 valence electrons. The maximum absolute atomic E-state index is 5.85. The van der Waals surface area contributed by atoms with Gasteiger partial charge in [0, 0.05) is 46.2 Å². The molecule has 0 aliphatic heterocycles. The molecule has 0 amide bonds. The van der Waals surface area contributed by atoms with Gasteiger partial charge in [0.1, 0.15) is 5.75 Å². The Kier molecular flexibility index (Phi) is 7.88. The number of hydrogen-bond acceptors (Lipinski definition) is 4. The summed E-state index contributed by atoms with van der Waals surface area (Å²) in [6.07, 6.45) is -0.258. The number of rotatable bonds is 9. The van der Waals surface area contributed by atoms with Crippen LogP contribution < -0.4 is 14.5 Å². The summed E-state index contributed by atoms with van der Waals surface area (Å²) in [7, 11) is 8.06. The molecular weight excluding hydrogens is 404 g/mol. The Morgan fingerprint density at radius 3 is 1.42 bits per heavy atom. The fourth-order valence-electron chi connectivity index (χ4n) is 3.28. The smallest absolute Gasteiger partial charge is 0.196 e. The van der Waals surface area contributed by atoms with E-state index in [-0.39, 0.29) is 17.2 Å². The lowest BCUT2D eigenvalue weighted by atomic mass is 10.3. The molecule has 0 heterocycles. The summed E-state index contributed by atoms with van der Waals surface area (Å²) >= 11 is 0. The lowest BCUT2D eigenvalue weighted by Gasteiger charge is -2.16. The predicted molar refractivity (Wildman–Crippen MR) is 132 cm³/mol. The summed E-state index contributed by atoms with van der Waals surface area (Å²) in [5.41, 5.74) is 2.40. The highest BCUT2D eigenvalue weighted by molar-refractivity contribution is 7.97. The molecule has 0 radical (unpaired) electrons. The fraction of sp³-hybridized carbons (Fsp3) is 0.308. The molecule has 0 aromatic heterocycles. The molecule has 0 N–H and O–H groups in total. The van der Waals surface area contributed by atoms with Crippen molar-refractivity contribution in [3.05, 3.63) is 72.8 Å². The molecule has 0 aliphatic carbocycles. The average molecular weight is 438 g/mol. The molecule has 0 spiro atoms. The summed E-state index contributed by atoms with van der Waals surface area (Å²) < 4.78 is 11.3. The van der Waals surface area contributed by atoms with E-state index in [4.69, 9.17) is 9.47 Å². The van der Waals surface area contributed by atoms with Gasteiger partial charge in [0.2, 0.25) is 0 Å². The van der Waals surface area contributed by atoms with Crippen molar-refractivity contribution >= 4 is 22.3 Å². The van der Waals surface area contributed by atoms with Crippen LogP contribution in [0.15, 0.2) is 87.5 Å². The monoisotopic (exact) mass is 437 g/mol. The normalized spacial score (nSPS) is 12.0. The van der Waals surface area contributed by atoms with Gasteiger partial charge < -0.3 is 19.3 Å². The Hall–Kier alpha value is -2.63. The van der Waals surface area contributed by atoms with Gasteiger partial charge in [-0.1, -0.05) is 0 Å². The number of benzene rings is 3. The van der Waals surface area contributed by atoms with Crippen molar-refractivity contribution in [2.75, 3.05) is 44.6 Å². The molecule has 0 aliphatic rings. The first-order valence-electron chi connectivity index (χ1n) is 10.6. The molecule has 3 aromatic rings. The van der Waals surface area contributed by atoms with Gasteiger partial charge in [0.15, 0.2) is 21.0 Å². The SMILES string of the molecule is CCOC(C)Oc1ccc([S+](c2ccc(N(C)C)cc2)c2ccc(N(C)C)cc2)cc1. The molecule has 4 nitrogen and oxygen atoms in total. The third kappa shape index (κ3) is 5.96. The van der Waals surface area contributed by atoms with Crippen molar-refractivity contribution in [3.63, 3.8) is 0 Å². The summed E-state index contributed by atoms with van der Waals surface area (Å²) in [6.45, 7) is 4.52. The van der Waals surface area contributed by atoms with Gasteiger partial charge in [-0.3, -0.25) is 0 Å². The van der Waals surface area contributed by atoms with E-state index in [9.17, 15) is 0 Å². The molecule has 1 atom stereocenters. The van der Waals surface area contributed by atoms with E-state index in [1.54, 1.807) is 0 Å². The van der Waals surface area contributed by atoms with Crippen LogP contribution in [0, 0.1) is 0 Å². The molecule has 3 aromatic carbocycles. The second kappa shape index (κ2) is 10.6.